The first-order valence-corrected chi connectivity index (χ1v) is 9.22. The van der Waals surface area contributed by atoms with Crippen molar-refractivity contribution in [3.05, 3.63) is 34.9 Å². The van der Waals surface area contributed by atoms with E-state index in [-0.39, 0.29) is 42.2 Å². The average molecular weight is 411 g/mol. The van der Waals surface area contributed by atoms with Crippen molar-refractivity contribution < 1.29 is 31.1 Å². The number of nitrogens with one attached hydrogen (secondary N) is 1. The van der Waals surface area contributed by atoms with Crippen molar-refractivity contribution in [2.75, 3.05) is 7.05 Å². The van der Waals surface area contributed by atoms with Gasteiger partial charge in [-0.15, -0.1) is 0 Å². The molecule has 0 spiro atoms. The second-order valence-corrected chi connectivity index (χ2v) is 7.70. The smallest absolute Gasteiger partial charge is 0.311 e. The minimum atomic E-state index is -4.86. The molecule has 1 N–H and O–H groups in total. The Balaban J connectivity index is 2.85. The van der Waals surface area contributed by atoms with Crippen LogP contribution in [0.1, 0.15) is 56.7 Å². The zero-order chi connectivity index (χ0) is 21.7. The van der Waals surface area contributed by atoms with Crippen molar-refractivity contribution in [2.45, 2.75) is 64.8 Å². The number of hydrogen-bond acceptors (Lipinski definition) is 2. The maximum Gasteiger partial charge on any atom is 0.416 e. The van der Waals surface area contributed by atoms with Crippen LogP contribution in [0.15, 0.2) is 18.2 Å². The molecule has 0 amide bonds. The molecule has 0 aliphatic carbocycles. The molecule has 2 atom stereocenters. The lowest BCUT2D eigenvalue weighted by Crippen LogP contribution is -2.35. The molecular formula is C20H27F6NO. The summed E-state index contributed by atoms with van der Waals surface area (Å²) < 4.78 is 77.6. The second-order valence-electron chi connectivity index (χ2n) is 7.70. The van der Waals surface area contributed by atoms with Crippen LogP contribution in [0.4, 0.5) is 26.3 Å². The SMILES string of the molecule is CN[C@@H](CC(C)C)C(=O)CCC(C)Cc1cc(C(F)(F)F)cc(C(F)(F)F)c1. The van der Waals surface area contributed by atoms with E-state index in [4.69, 9.17) is 0 Å². The fraction of sp³-hybridized carbons (Fsp3) is 0.650. The molecule has 0 saturated heterocycles. The topological polar surface area (TPSA) is 29.1 Å². The third-order valence-electron chi connectivity index (χ3n) is 4.56. The van der Waals surface area contributed by atoms with E-state index in [9.17, 15) is 31.1 Å². The predicted octanol–water partition coefficient (Wildman–Crippen LogP) is 5.89. The van der Waals surface area contributed by atoms with E-state index in [1.54, 1.807) is 14.0 Å². The first-order chi connectivity index (χ1) is 12.7. The Morgan fingerprint density at radius 3 is 1.86 bits per heavy atom. The van der Waals surface area contributed by atoms with E-state index in [2.05, 4.69) is 5.32 Å². The van der Waals surface area contributed by atoms with Crippen LogP contribution in [0.5, 0.6) is 0 Å². The van der Waals surface area contributed by atoms with Crippen LogP contribution in [-0.4, -0.2) is 18.9 Å². The highest BCUT2D eigenvalue weighted by Gasteiger charge is 2.36. The molecule has 0 saturated carbocycles. The van der Waals surface area contributed by atoms with Gasteiger partial charge in [0.05, 0.1) is 17.2 Å². The van der Waals surface area contributed by atoms with E-state index in [0.29, 0.717) is 18.8 Å². The second kappa shape index (κ2) is 9.76. The summed E-state index contributed by atoms with van der Waals surface area (Å²) in [6.07, 6.45) is -8.38. The summed E-state index contributed by atoms with van der Waals surface area (Å²) >= 11 is 0. The van der Waals surface area contributed by atoms with E-state index in [1.165, 1.54) is 0 Å². The van der Waals surface area contributed by atoms with Crippen LogP contribution in [0.2, 0.25) is 0 Å². The standard InChI is InChI=1S/C20H27F6NO/c1-12(2)7-17(27-4)18(28)6-5-13(3)8-14-9-15(19(21,22)23)11-16(10-14)20(24,25)26/h9-13,17,27H,5-8H2,1-4H3/t13?,17-/m0/s1. The minimum absolute atomic E-state index is 0.00285. The van der Waals surface area contributed by atoms with Crippen LogP contribution < -0.4 is 5.32 Å². The number of alkyl halides is 6. The largest absolute Gasteiger partial charge is 0.416 e. The monoisotopic (exact) mass is 411 g/mol. The van der Waals surface area contributed by atoms with E-state index < -0.39 is 23.5 Å². The van der Waals surface area contributed by atoms with Crippen molar-refractivity contribution >= 4 is 5.78 Å². The third-order valence-corrected chi connectivity index (χ3v) is 4.56. The number of benzene rings is 1. The van der Waals surface area contributed by atoms with Crippen molar-refractivity contribution in [3.8, 4) is 0 Å². The first-order valence-electron chi connectivity index (χ1n) is 9.22. The highest BCUT2D eigenvalue weighted by atomic mass is 19.4. The van der Waals surface area contributed by atoms with E-state index in [1.807, 2.05) is 13.8 Å². The summed E-state index contributed by atoms with van der Waals surface area (Å²) in [6, 6.07) is 1.34. The Labute approximate surface area is 161 Å². The number of likely N-dealkylation sites (N-methyl/N-ethyl adjacent to an activating group) is 1. The third kappa shape index (κ3) is 7.81. The zero-order valence-electron chi connectivity index (χ0n) is 16.5. The van der Waals surface area contributed by atoms with Crippen molar-refractivity contribution in [1.82, 2.24) is 5.32 Å². The van der Waals surface area contributed by atoms with Crippen molar-refractivity contribution in [3.63, 3.8) is 0 Å². The highest BCUT2D eigenvalue weighted by molar-refractivity contribution is 5.83. The summed E-state index contributed by atoms with van der Waals surface area (Å²) in [5, 5.41) is 2.96. The molecular weight excluding hydrogens is 384 g/mol. The Bertz CT molecular complexity index is 619. The quantitative estimate of drug-likeness (QED) is 0.514. The molecule has 0 fully saturated rings. The maximum absolute atomic E-state index is 12.9. The van der Waals surface area contributed by atoms with Crippen LogP contribution in [0, 0.1) is 11.8 Å². The van der Waals surface area contributed by atoms with Gasteiger partial charge >= 0.3 is 12.4 Å². The van der Waals surface area contributed by atoms with E-state index in [0.717, 1.165) is 12.1 Å². The van der Waals surface area contributed by atoms with Crippen molar-refractivity contribution in [2.24, 2.45) is 11.8 Å². The molecule has 0 aliphatic heterocycles. The molecule has 1 aromatic carbocycles. The maximum atomic E-state index is 12.9. The Kier molecular flexibility index (Phi) is 8.53. The molecule has 160 valence electrons. The normalized spacial score (nSPS) is 15.0. The Hall–Kier alpha value is -1.57. The number of carbonyl (C=O) groups is 1. The molecule has 0 heterocycles. The Morgan fingerprint density at radius 2 is 1.46 bits per heavy atom. The van der Waals surface area contributed by atoms with Gasteiger partial charge in [0.2, 0.25) is 0 Å². The summed E-state index contributed by atoms with van der Waals surface area (Å²) in [5.74, 6) is 0.0952. The van der Waals surface area contributed by atoms with Crippen LogP contribution in [0.3, 0.4) is 0 Å². The van der Waals surface area contributed by atoms with Gasteiger partial charge in [-0.2, -0.15) is 26.3 Å². The van der Waals surface area contributed by atoms with Gasteiger partial charge in [-0.05, 0) is 61.9 Å². The number of hydrogen-bond donors (Lipinski definition) is 1. The molecule has 0 aromatic heterocycles. The summed E-state index contributed by atoms with van der Waals surface area (Å²) in [4.78, 5) is 12.3. The molecule has 0 bridgehead atoms. The predicted molar refractivity (Wildman–Crippen MR) is 95.9 cm³/mol. The minimum Gasteiger partial charge on any atom is -0.311 e. The molecule has 1 unspecified atom stereocenters. The van der Waals surface area contributed by atoms with Crippen LogP contribution in [-0.2, 0) is 23.6 Å². The number of carbonyl (C=O) groups excluding carboxylic acids is 1. The molecule has 1 aromatic rings. The molecule has 2 nitrogen and oxygen atoms in total. The van der Waals surface area contributed by atoms with Crippen LogP contribution in [0.25, 0.3) is 0 Å². The molecule has 0 aliphatic rings. The number of rotatable bonds is 9. The molecule has 0 radical (unpaired) electrons. The molecule has 28 heavy (non-hydrogen) atoms. The lowest BCUT2D eigenvalue weighted by atomic mass is 9.91. The summed E-state index contributed by atoms with van der Waals surface area (Å²) in [7, 11) is 1.69. The summed E-state index contributed by atoms with van der Waals surface area (Å²) in [5.41, 5.74) is -2.66. The molecule has 1 rings (SSSR count). The number of halogens is 6. The lowest BCUT2D eigenvalue weighted by Gasteiger charge is -2.19. The van der Waals surface area contributed by atoms with Gasteiger partial charge in [0.25, 0.3) is 0 Å². The Morgan fingerprint density at radius 1 is 0.964 bits per heavy atom. The highest BCUT2D eigenvalue weighted by Crippen LogP contribution is 2.36. The van der Waals surface area contributed by atoms with Gasteiger partial charge in [-0.3, -0.25) is 4.79 Å². The number of Topliss-reactive ketones (excluding diaryl/α,β-unsaturated/α-hetero) is 1. The van der Waals surface area contributed by atoms with E-state index >= 15 is 0 Å². The number of ketones is 1. The summed E-state index contributed by atoms with van der Waals surface area (Å²) in [6.45, 7) is 5.70. The van der Waals surface area contributed by atoms with Gasteiger partial charge in [-0.25, -0.2) is 0 Å². The zero-order valence-corrected chi connectivity index (χ0v) is 16.5. The van der Waals surface area contributed by atoms with Gasteiger partial charge in [0.1, 0.15) is 5.78 Å². The van der Waals surface area contributed by atoms with Gasteiger partial charge in [0, 0.05) is 6.42 Å². The van der Waals surface area contributed by atoms with Crippen molar-refractivity contribution in [1.29, 1.82) is 0 Å². The van der Waals surface area contributed by atoms with Crippen LogP contribution >= 0.6 is 0 Å². The fourth-order valence-electron chi connectivity index (χ4n) is 3.09. The average Bonchev–Trinajstić information content (AvgIpc) is 2.55. The molecule has 8 heteroatoms. The fourth-order valence-corrected chi connectivity index (χ4v) is 3.09. The first kappa shape index (κ1) is 24.5. The van der Waals surface area contributed by atoms with Gasteiger partial charge < -0.3 is 5.32 Å². The van der Waals surface area contributed by atoms with Gasteiger partial charge in [0.15, 0.2) is 0 Å². The lowest BCUT2D eigenvalue weighted by molar-refractivity contribution is -0.143. The van der Waals surface area contributed by atoms with Gasteiger partial charge in [-0.1, -0.05) is 20.8 Å².